The Balaban J connectivity index is 1.65. The van der Waals surface area contributed by atoms with Crippen LogP contribution in [0.2, 0.25) is 0 Å². The molecule has 0 saturated heterocycles. The zero-order chi connectivity index (χ0) is 22.0. The second kappa shape index (κ2) is 8.49. The molecule has 0 spiro atoms. The van der Waals surface area contributed by atoms with Gasteiger partial charge in [-0.25, -0.2) is 14.4 Å². The number of anilines is 2. The van der Waals surface area contributed by atoms with E-state index in [-0.39, 0.29) is 5.82 Å². The Bertz CT molecular complexity index is 1270. The van der Waals surface area contributed by atoms with Crippen LogP contribution in [-0.2, 0) is 4.79 Å². The third-order valence-corrected chi connectivity index (χ3v) is 5.62. The zero-order valence-electron chi connectivity index (χ0n) is 16.3. The number of fused-ring (bicyclic) bond motifs is 1. The van der Waals surface area contributed by atoms with Crippen LogP contribution in [-0.4, -0.2) is 33.5 Å². The van der Waals surface area contributed by atoms with Gasteiger partial charge in [0.05, 0.1) is 5.39 Å². The van der Waals surface area contributed by atoms with Crippen LogP contribution in [0.3, 0.4) is 0 Å². The van der Waals surface area contributed by atoms with E-state index in [1.807, 2.05) is 6.92 Å². The van der Waals surface area contributed by atoms with Gasteiger partial charge >= 0.3 is 5.97 Å². The third-order valence-electron chi connectivity index (χ3n) is 4.61. The number of aromatic nitrogens is 2. The molecule has 0 aliphatic rings. The molecule has 0 unspecified atom stereocenters. The van der Waals surface area contributed by atoms with Crippen molar-refractivity contribution in [2.45, 2.75) is 6.92 Å². The average Bonchev–Trinajstić information content (AvgIpc) is 3.10. The molecule has 31 heavy (non-hydrogen) atoms. The van der Waals surface area contributed by atoms with Crippen molar-refractivity contribution in [1.82, 2.24) is 15.3 Å². The van der Waals surface area contributed by atoms with Crippen LogP contribution >= 0.6 is 11.3 Å². The van der Waals surface area contributed by atoms with E-state index in [4.69, 9.17) is 5.11 Å². The molecule has 2 heterocycles. The third kappa shape index (κ3) is 4.36. The van der Waals surface area contributed by atoms with Gasteiger partial charge in [0.2, 0.25) is 0 Å². The predicted molar refractivity (Wildman–Crippen MR) is 117 cm³/mol. The second-order valence-electron chi connectivity index (χ2n) is 6.72. The summed E-state index contributed by atoms with van der Waals surface area (Å²) in [6.45, 7) is 1.54. The number of nitrogens with one attached hydrogen (secondary N) is 2. The van der Waals surface area contributed by atoms with Crippen LogP contribution in [0.25, 0.3) is 21.3 Å². The lowest BCUT2D eigenvalue weighted by atomic mass is 10.0. The van der Waals surface area contributed by atoms with Gasteiger partial charge in [0.15, 0.2) is 0 Å². The van der Waals surface area contributed by atoms with E-state index in [9.17, 15) is 14.0 Å². The first-order chi connectivity index (χ1) is 14.9. The van der Waals surface area contributed by atoms with Crippen LogP contribution in [0.4, 0.5) is 15.9 Å². The molecule has 0 saturated carbocycles. The first-order valence-corrected chi connectivity index (χ1v) is 10.1. The monoisotopic (exact) mass is 436 g/mol. The molecule has 2 aromatic heterocycles. The number of carbonyl (C=O) groups is 2. The molecular formula is C22H17FN4O3S. The number of carbonyl (C=O) groups excluding carboxylic acids is 1. The first-order valence-electron chi connectivity index (χ1n) is 9.29. The minimum absolute atomic E-state index is 0.303. The number of carboxylic acids is 1. The molecule has 4 rings (SSSR count). The SMILES string of the molecule is Cc1sc2ncnc(Nc3ccc(C(=O)NCC(=O)O)cc3)c2c1-c1ccc(F)cc1. The Morgan fingerprint density at radius 3 is 2.45 bits per heavy atom. The molecule has 0 aliphatic heterocycles. The Labute approximate surface area is 180 Å². The Morgan fingerprint density at radius 2 is 1.77 bits per heavy atom. The number of hydrogen-bond donors (Lipinski definition) is 3. The summed E-state index contributed by atoms with van der Waals surface area (Å²) >= 11 is 1.53. The van der Waals surface area contributed by atoms with Gasteiger partial charge < -0.3 is 15.7 Å². The molecule has 0 radical (unpaired) electrons. The molecule has 7 nitrogen and oxygen atoms in total. The number of benzene rings is 2. The first kappa shape index (κ1) is 20.4. The van der Waals surface area contributed by atoms with Gasteiger partial charge in [0, 0.05) is 21.7 Å². The van der Waals surface area contributed by atoms with Crippen LogP contribution in [0, 0.1) is 12.7 Å². The minimum atomic E-state index is -1.11. The summed E-state index contributed by atoms with van der Waals surface area (Å²) < 4.78 is 13.4. The Hall–Kier alpha value is -3.85. The summed E-state index contributed by atoms with van der Waals surface area (Å²) in [5, 5.41) is 15.1. The van der Waals surface area contributed by atoms with Gasteiger partial charge in [0.1, 0.15) is 29.3 Å². The highest BCUT2D eigenvalue weighted by atomic mass is 32.1. The number of nitrogens with zero attached hydrogens (tertiary/aromatic N) is 2. The lowest BCUT2D eigenvalue weighted by molar-refractivity contribution is -0.135. The number of hydrogen-bond acceptors (Lipinski definition) is 6. The van der Waals surface area contributed by atoms with Crippen molar-refractivity contribution < 1.29 is 19.1 Å². The maximum atomic E-state index is 13.4. The summed E-state index contributed by atoms with van der Waals surface area (Å²) in [6, 6.07) is 12.9. The summed E-state index contributed by atoms with van der Waals surface area (Å²) in [5.41, 5.74) is 2.85. The van der Waals surface area contributed by atoms with Crippen LogP contribution in [0.15, 0.2) is 54.9 Å². The van der Waals surface area contributed by atoms with Crippen molar-refractivity contribution in [2.24, 2.45) is 0 Å². The van der Waals surface area contributed by atoms with E-state index in [0.29, 0.717) is 17.1 Å². The summed E-state index contributed by atoms with van der Waals surface area (Å²) in [4.78, 5) is 33.2. The lowest BCUT2D eigenvalue weighted by Gasteiger charge is -2.10. The fraction of sp³-hybridized carbons (Fsp3) is 0.0909. The van der Waals surface area contributed by atoms with Crippen molar-refractivity contribution in [2.75, 3.05) is 11.9 Å². The van der Waals surface area contributed by atoms with Gasteiger partial charge in [0.25, 0.3) is 5.91 Å². The highest BCUT2D eigenvalue weighted by Gasteiger charge is 2.17. The number of carboxylic acid groups (broad SMARTS) is 1. The predicted octanol–water partition coefficient (Wildman–Crippen LogP) is 4.36. The Morgan fingerprint density at radius 1 is 1.06 bits per heavy atom. The fourth-order valence-corrected chi connectivity index (χ4v) is 4.22. The number of halogens is 1. The quantitative estimate of drug-likeness (QED) is 0.415. The van der Waals surface area contributed by atoms with E-state index >= 15 is 0 Å². The topological polar surface area (TPSA) is 104 Å². The number of thiophene rings is 1. The number of aryl methyl sites for hydroxylation is 1. The number of rotatable bonds is 6. The summed E-state index contributed by atoms with van der Waals surface area (Å²) in [5.74, 6) is -1.28. The van der Waals surface area contributed by atoms with E-state index < -0.39 is 18.4 Å². The maximum Gasteiger partial charge on any atom is 0.322 e. The molecule has 0 bridgehead atoms. The Kier molecular flexibility index (Phi) is 5.59. The van der Waals surface area contributed by atoms with Crippen LogP contribution in [0.1, 0.15) is 15.2 Å². The second-order valence-corrected chi connectivity index (χ2v) is 7.92. The number of amides is 1. The molecule has 1 amide bonds. The van der Waals surface area contributed by atoms with E-state index in [2.05, 4.69) is 20.6 Å². The van der Waals surface area contributed by atoms with Gasteiger partial charge in [-0.3, -0.25) is 9.59 Å². The van der Waals surface area contributed by atoms with Crippen molar-refractivity contribution in [3.8, 4) is 11.1 Å². The molecule has 0 aliphatic carbocycles. The molecular weight excluding hydrogens is 419 g/mol. The smallest absolute Gasteiger partial charge is 0.322 e. The minimum Gasteiger partial charge on any atom is -0.480 e. The normalized spacial score (nSPS) is 10.8. The summed E-state index contributed by atoms with van der Waals surface area (Å²) in [7, 11) is 0. The highest BCUT2D eigenvalue weighted by Crippen LogP contribution is 2.41. The summed E-state index contributed by atoms with van der Waals surface area (Å²) in [6.07, 6.45) is 1.47. The standard InChI is InChI=1S/C22H17FN4O3S/c1-12-18(13-2-6-15(23)7-3-13)19-20(25-11-26-22(19)31-12)27-16-8-4-14(5-9-16)21(30)24-10-17(28)29/h2-9,11H,10H2,1H3,(H,24,30)(H,28,29)(H,25,26,27). The molecule has 4 aromatic rings. The molecule has 2 aromatic carbocycles. The molecule has 156 valence electrons. The van der Waals surface area contributed by atoms with Gasteiger partial charge in [-0.15, -0.1) is 11.3 Å². The highest BCUT2D eigenvalue weighted by molar-refractivity contribution is 7.19. The van der Waals surface area contributed by atoms with E-state index in [0.717, 1.165) is 26.2 Å². The van der Waals surface area contributed by atoms with Gasteiger partial charge in [-0.1, -0.05) is 12.1 Å². The molecule has 9 heteroatoms. The molecule has 3 N–H and O–H groups in total. The van der Waals surface area contributed by atoms with Crippen molar-refractivity contribution in [1.29, 1.82) is 0 Å². The van der Waals surface area contributed by atoms with Gasteiger partial charge in [-0.05, 0) is 48.9 Å². The maximum absolute atomic E-state index is 13.4. The largest absolute Gasteiger partial charge is 0.480 e. The van der Waals surface area contributed by atoms with Crippen molar-refractivity contribution in [3.63, 3.8) is 0 Å². The van der Waals surface area contributed by atoms with Crippen LogP contribution < -0.4 is 10.6 Å². The zero-order valence-corrected chi connectivity index (χ0v) is 17.2. The van der Waals surface area contributed by atoms with Gasteiger partial charge in [-0.2, -0.15) is 0 Å². The molecule has 0 atom stereocenters. The van der Waals surface area contributed by atoms with Crippen molar-refractivity contribution in [3.05, 3.63) is 71.1 Å². The lowest BCUT2D eigenvalue weighted by Crippen LogP contribution is -2.29. The van der Waals surface area contributed by atoms with E-state index in [1.165, 1.54) is 29.8 Å². The fourth-order valence-electron chi connectivity index (χ4n) is 3.20. The number of aliphatic carboxylic acids is 1. The van der Waals surface area contributed by atoms with E-state index in [1.54, 1.807) is 36.4 Å². The van der Waals surface area contributed by atoms with Crippen molar-refractivity contribution >= 4 is 44.9 Å². The van der Waals surface area contributed by atoms with Crippen LogP contribution in [0.5, 0.6) is 0 Å². The molecule has 0 fully saturated rings. The average molecular weight is 436 g/mol.